The lowest BCUT2D eigenvalue weighted by Gasteiger charge is -2.16. The Morgan fingerprint density at radius 2 is 2.12 bits per heavy atom. The summed E-state index contributed by atoms with van der Waals surface area (Å²) in [5.41, 5.74) is 4.42. The Labute approximate surface area is 100 Å². The summed E-state index contributed by atoms with van der Waals surface area (Å²) in [5, 5.41) is 10.8. The zero-order chi connectivity index (χ0) is 12.8. The van der Waals surface area contributed by atoms with Gasteiger partial charge in [-0.05, 0) is 18.1 Å². The lowest BCUT2D eigenvalue weighted by Crippen LogP contribution is -2.57. The van der Waals surface area contributed by atoms with Crippen molar-refractivity contribution in [3.63, 3.8) is 0 Å². The molecule has 0 saturated heterocycles. The number of hydrogen-bond donors (Lipinski definition) is 1. The van der Waals surface area contributed by atoms with E-state index in [4.69, 9.17) is 9.47 Å². The Morgan fingerprint density at radius 3 is 2.59 bits per heavy atom. The van der Waals surface area contributed by atoms with Gasteiger partial charge in [-0.2, -0.15) is 0 Å². The van der Waals surface area contributed by atoms with E-state index in [1.807, 2.05) is 0 Å². The summed E-state index contributed by atoms with van der Waals surface area (Å²) in [6, 6.07) is 5.29. The number of rotatable bonds is 6. The Balaban J connectivity index is 2.93. The van der Waals surface area contributed by atoms with Crippen LogP contribution in [0.2, 0.25) is 0 Å². The molecule has 3 N–H and O–H groups in total. The van der Waals surface area contributed by atoms with E-state index >= 15 is 0 Å². The number of carbonyl (C=O) groups is 1. The van der Waals surface area contributed by atoms with Crippen LogP contribution in [0.15, 0.2) is 18.2 Å². The zero-order valence-electron chi connectivity index (χ0n) is 10.1. The fraction of sp³-hybridized carbons (Fsp3) is 0.417. The predicted molar refractivity (Wildman–Crippen MR) is 59.5 cm³/mol. The van der Waals surface area contributed by atoms with E-state index in [0.717, 1.165) is 5.56 Å². The van der Waals surface area contributed by atoms with Gasteiger partial charge in [0, 0.05) is 6.07 Å². The highest BCUT2D eigenvalue weighted by molar-refractivity contribution is 5.68. The Hall–Kier alpha value is -1.75. The molecule has 0 unspecified atom stereocenters. The number of carboxylic acids is 1. The maximum absolute atomic E-state index is 10.8. The molecule has 17 heavy (non-hydrogen) atoms. The Morgan fingerprint density at radius 1 is 1.41 bits per heavy atom. The molecule has 0 aliphatic rings. The second-order valence-corrected chi connectivity index (χ2v) is 3.69. The number of carboxylic acid groups (broad SMARTS) is 1. The lowest BCUT2D eigenvalue weighted by atomic mass is 9.99. The molecular weight excluding hydrogens is 222 g/mol. The molecule has 0 heterocycles. The number of benzene rings is 1. The monoisotopic (exact) mass is 239 g/mol. The number of methoxy groups -OCH3 is 2. The fourth-order valence-electron chi connectivity index (χ4n) is 1.59. The summed E-state index contributed by atoms with van der Waals surface area (Å²) < 4.78 is 10.3. The number of carbonyl (C=O) groups excluding carboxylic acids is 1. The van der Waals surface area contributed by atoms with Gasteiger partial charge in [0.15, 0.2) is 0 Å². The van der Waals surface area contributed by atoms with Crippen molar-refractivity contribution in [2.75, 3.05) is 20.8 Å². The van der Waals surface area contributed by atoms with Crippen LogP contribution in [0.1, 0.15) is 5.56 Å². The van der Waals surface area contributed by atoms with E-state index in [1.54, 1.807) is 25.3 Å². The van der Waals surface area contributed by atoms with Gasteiger partial charge >= 0.3 is 0 Å². The highest BCUT2D eigenvalue weighted by Crippen LogP contribution is 2.26. The van der Waals surface area contributed by atoms with Gasteiger partial charge < -0.3 is 25.1 Å². The maximum Gasteiger partial charge on any atom is 0.125 e. The first-order valence-electron chi connectivity index (χ1n) is 5.33. The summed E-state index contributed by atoms with van der Waals surface area (Å²) in [4.78, 5) is 10.8. The highest BCUT2D eigenvalue weighted by atomic mass is 16.5. The van der Waals surface area contributed by atoms with Gasteiger partial charge in [0.2, 0.25) is 0 Å². The summed E-state index contributed by atoms with van der Waals surface area (Å²) >= 11 is 0. The van der Waals surface area contributed by atoms with Crippen molar-refractivity contribution in [2.24, 2.45) is 5.92 Å². The van der Waals surface area contributed by atoms with Crippen molar-refractivity contribution < 1.29 is 25.1 Å². The Kier molecular flexibility index (Phi) is 4.78. The molecule has 0 fully saturated rings. The minimum absolute atomic E-state index is 0.289. The van der Waals surface area contributed by atoms with E-state index in [-0.39, 0.29) is 6.54 Å². The smallest absolute Gasteiger partial charge is 0.125 e. The lowest BCUT2D eigenvalue weighted by molar-refractivity contribution is -0.387. The molecule has 1 atom stereocenters. The van der Waals surface area contributed by atoms with Crippen LogP contribution < -0.4 is 20.3 Å². The molecule has 0 bridgehead atoms. The second-order valence-electron chi connectivity index (χ2n) is 3.69. The minimum atomic E-state index is -1.09. The van der Waals surface area contributed by atoms with Crippen LogP contribution in [0.25, 0.3) is 0 Å². The van der Waals surface area contributed by atoms with Crippen molar-refractivity contribution in [1.82, 2.24) is 0 Å². The molecular formula is C12H17NO4. The molecule has 5 heteroatoms. The molecule has 0 aliphatic heterocycles. The largest absolute Gasteiger partial charge is 0.550 e. The molecule has 0 saturated carbocycles. The van der Waals surface area contributed by atoms with Gasteiger partial charge in [0.05, 0.1) is 32.7 Å². The molecule has 1 aromatic carbocycles. The first-order valence-corrected chi connectivity index (χ1v) is 5.33. The standard InChI is InChI=1S/C12H17NO4/c1-16-10-4-3-8(11(6-10)17-2)5-9(7-13)12(14)15/h3-4,6,9H,5,7,13H2,1-2H3,(H,14,15)/t9-/m0/s1. The van der Waals surface area contributed by atoms with E-state index < -0.39 is 11.9 Å². The third-order valence-electron chi connectivity index (χ3n) is 2.64. The van der Waals surface area contributed by atoms with E-state index in [2.05, 4.69) is 5.73 Å². The van der Waals surface area contributed by atoms with Gasteiger partial charge in [0.1, 0.15) is 11.5 Å². The third-order valence-corrected chi connectivity index (χ3v) is 2.64. The number of ether oxygens (including phenoxy) is 2. The van der Waals surface area contributed by atoms with Crippen LogP contribution >= 0.6 is 0 Å². The third kappa shape index (κ3) is 3.35. The summed E-state index contributed by atoms with van der Waals surface area (Å²) in [5.74, 6) is -0.399. The number of hydrogen-bond acceptors (Lipinski definition) is 4. The van der Waals surface area contributed by atoms with E-state index in [1.165, 1.54) is 7.11 Å². The van der Waals surface area contributed by atoms with Gasteiger partial charge in [-0.25, -0.2) is 0 Å². The molecule has 0 amide bonds. The summed E-state index contributed by atoms with van der Waals surface area (Å²) in [6.07, 6.45) is 0.346. The van der Waals surface area contributed by atoms with Crippen molar-refractivity contribution in [2.45, 2.75) is 6.42 Å². The number of aliphatic carboxylic acids is 1. The van der Waals surface area contributed by atoms with Crippen LogP contribution in [0.5, 0.6) is 11.5 Å². The predicted octanol–water partition coefficient (Wildman–Crippen LogP) is -1.15. The summed E-state index contributed by atoms with van der Waals surface area (Å²) in [7, 11) is 3.10. The molecule has 1 aromatic rings. The maximum atomic E-state index is 10.8. The molecule has 1 rings (SSSR count). The highest BCUT2D eigenvalue weighted by Gasteiger charge is 2.14. The van der Waals surface area contributed by atoms with Crippen LogP contribution in [0.3, 0.4) is 0 Å². The van der Waals surface area contributed by atoms with Crippen LogP contribution in [-0.2, 0) is 11.2 Å². The normalized spacial score (nSPS) is 11.9. The second kappa shape index (κ2) is 6.10. The van der Waals surface area contributed by atoms with Gasteiger partial charge in [0.25, 0.3) is 0 Å². The van der Waals surface area contributed by atoms with Gasteiger partial charge in [-0.3, -0.25) is 0 Å². The van der Waals surface area contributed by atoms with Crippen LogP contribution in [0.4, 0.5) is 0 Å². The van der Waals surface area contributed by atoms with E-state index in [9.17, 15) is 9.90 Å². The fourth-order valence-corrected chi connectivity index (χ4v) is 1.59. The first kappa shape index (κ1) is 13.3. The molecule has 0 spiro atoms. The van der Waals surface area contributed by atoms with Gasteiger partial charge in [-0.15, -0.1) is 0 Å². The molecule has 0 aliphatic carbocycles. The number of quaternary nitrogens is 1. The molecule has 5 nitrogen and oxygen atoms in total. The average molecular weight is 239 g/mol. The van der Waals surface area contributed by atoms with Gasteiger partial charge in [-0.1, -0.05) is 6.07 Å². The quantitative estimate of drug-likeness (QED) is 0.679. The minimum Gasteiger partial charge on any atom is -0.550 e. The Bertz CT molecular complexity index is 392. The summed E-state index contributed by atoms with van der Waals surface area (Å²) in [6.45, 7) is 0.289. The van der Waals surface area contributed by atoms with Crippen molar-refractivity contribution in [3.8, 4) is 11.5 Å². The van der Waals surface area contributed by atoms with Crippen LogP contribution in [-0.4, -0.2) is 26.7 Å². The zero-order valence-corrected chi connectivity index (χ0v) is 10.1. The SMILES string of the molecule is COc1ccc(C[C@@H](C[NH3+])C(=O)[O-])c(OC)c1. The molecule has 0 aromatic heterocycles. The molecule has 94 valence electrons. The van der Waals surface area contributed by atoms with Crippen molar-refractivity contribution in [3.05, 3.63) is 23.8 Å². The first-order chi connectivity index (χ1) is 8.12. The molecule has 0 radical (unpaired) electrons. The van der Waals surface area contributed by atoms with E-state index in [0.29, 0.717) is 17.9 Å². The van der Waals surface area contributed by atoms with Crippen molar-refractivity contribution in [1.29, 1.82) is 0 Å². The average Bonchev–Trinajstić information content (AvgIpc) is 2.35. The van der Waals surface area contributed by atoms with Crippen LogP contribution in [0, 0.1) is 5.92 Å². The van der Waals surface area contributed by atoms with Crippen molar-refractivity contribution >= 4 is 5.97 Å². The topological polar surface area (TPSA) is 86.2 Å².